The summed E-state index contributed by atoms with van der Waals surface area (Å²) in [5, 5.41) is 11.2. The number of carbonyl (C=O) groups excluding carboxylic acids is 1. The average molecular weight is 453 g/mol. The lowest BCUT2D eigenvalue weighted by atomic mass is 10.0. The van der Waals surface area contributed by atoms with Gasteiger partial charge >= 0.3 is 10.2 Å². The molecule has 0 atom stereocenters. The van der Waals surface area contributed by atoms with Crippen LogP contribution in [0.25, 0.3) is 11.3 Å². The lowest BCUT2D eigenvalue weighted by Crippen LogP contribution is -2.40. The maximum Gasteiger partial charge on any atom is 0.309 e. The molecule has 0 aliphatic carbocycles. The lowest BCUT2D eigenvalue weighted by Gasteiger charge is -2.20. The summed E-state index contributed by atoms with van der Waals surface area (Å²) in [5.74, 6) is -1.13. The molecular formula is C23H24N4O4S. The van der Waals surface area contributed by atoms with Crippen LogP contribution in [0.3, 0.4) is 0 Å². The highest BCUT2D eigenvalue weighted by atomic mass is 32.2. The number of hydrogen-bond donors (Lipinski definition) is 2. The van der Waals surface area contributed by atoms with Crippen LogP contribution in [0.5, 0.6) is 5.88 Å². The molecule has 9 heteroatoms. The number of fused-ring (bicyclic) bond motifs is 1. The maximum absolute atomic E-state index is 13.4. The molecule has 2 N–H and O–H groups in total. The molecular weight excluding hydrogens is 428 g/mol. The van der Waals surface area contributed by atoms with Gasteiger partial charge in [0.2, 0.25) is 5.88 Å². The minimum Gasteiger partial charge on any atom is -0.493 e. The van der Waals surface area contributed by atoms with Crippen molar-refractivity contribution in [2.75, 3.05) is 19.8 Å². The van der Waals surface area contributed by atoms with Crippen molar-refractivity contribution in [3.63, 3.8) is 0 Å². The number of nitrogens with zero attached hydrogens (tertiary/aromatic N) is 3. The number of rotatable bonds is 8. The number of carbonyl (C=O) groups is 1. The summed E-state index contributed by atoms with van der Waals surface area (Å²) < 4.78 is 30.1. The number of benzene rings is 2. The van der Waals surface area contributed by atoms with Crippen LogP contribution in [0.2, 0.25) is 0 Å². The fourth-order valence-electron chi connectivity index (χ4n) is 3.77. The summed E-state index contributed by atoms with van der Waals surface area (Å²) in [6.45, 7) is 5.23. The van der Waals surface area contributed by atoms with Crippen molar-refractivity contribution in [1.29, 1.82) is 0 Å². The Kier molecular flexibility index (Phi) is 5.96. The van der Waals surface area contributed by atoms with Gasteiger partial charge in [0.1, 0.15) is 0 Å². The molecule has 1 aliphatic heterocycles. The van der Waals surface area contributed by atoms with Crippen molar-refractivity contribution >= 4 is 21.8 Å². The van der Waals surface area contributed by atoms with Gasteiger partial charge in [-0.15, -0.1) is 0 Å². The zero-order valence-corrected chi connectivity index (χ0v) is 18.6. The topological polar surface area (TPSA) is 104 Å². The molecule has 8 nitrogen and oxygen atoms in total. The van der Waals surface area contributed by atoms with Crippen LogP contribution in [0.1, 0.15) is 35.3 Å². The predicted octanol–water partition coefficient (Wildman–Crippen LogP) is 2.83. The number of aliphatic imine (C=N–C) groups is 1. The van der Waals surface area contributed by atoms with E-state index in [1.165, 1.54) is 0 Å². The van der Waals surface area contributed by atoms with Gasteiger partial charge in [0.05, 0.1) is 29.2 Å². The van der Waals surface area contributed by atoms with E-state index in [9.17, 15) is 18.3 Å². The molecule has 0 unspecified atom stereocenters. The fraction of sp³-hybridized carbons (Fsp3) is 0.217. The first-order valence-electron chi connectivity index (χ1n) is 10.3. The maximum atomic E-state index is 13.4. The Labute approximate surface area is 187 Å². The number of aromatic nitrogens is 1. The molecule has 0 radical (unpaired) electrons. The number of aromatic hydroxyl groups is 1. The average Bonchev–Trinajstić information content (AvgIpc) is 3.31. The van der Waals surface area contributed by atoms with E-state index in [1.54, 1.807) is 54.6 Å². The van der Waals surface area contributed by atoms with E-state index in [4.69, 9.17) is 0 Å². The van der Waals surface area contributed by atoms with E-state index in [0.29, 0.717) is 24.2 Å². The minimum atomic E-state index is -4.22. The molecule has 1 amide bonds. The van der Waals surface area contributed by atoms with Crippen LogP contribution in [0.15, 0.2) is 65.7 Å². The first-order chi connectivity index (χ1) is 15.4. The van der Waals surface area contributed by atoms with Gasteiger partial charge in [-0.3, -0.25) is 9.69 Å². The normalized spacial score (nSPS) is 13.5. The van der Waals surface area contributed by atoms with Gasteiger partial charge in [0, 0.05) is 11.1 Å². The Balaban J connectivity index is 1.93. The van der Waals surface area contributed by atoms with Crippen LogP contribution in [0, 0.1) is 0 Å². The molecule has 0 bridgehead atoms. The van der Waals surface area contributed by atoms with E-state index in [2.05, 4.69) is 9.71 Å². The summed E-state index contributed by atoms with van der Waals surface area (Å²) in [4.78, 5) is 19.0. The van der Waals surface area contributed by atoms with Crippen LogP contribution in [-0.2, 0) is 10.2 Å². The molecule has 1 aliphatic rings. The lowest BCUT2D eigenvalue weighted by molar-refractivity contribution is 0.101. The molecule has 0 fully saturated rings. The third-order valence-electron chi connectivity index (χ3n) is 5.47. The fourth-order valence-corrected chi connectivity index (χ4v) is 5.00. The highest BCUT2D eigenvalue weighted by Gasteiger charge is 2.39. The van der Waals surface area contributed by atoms with Crippen LogP contribution < -0.4 is 4.72 Å². The summed E-state index contributed by atoms with van der Waals surface area (Å²) in [5.41, 5.74) is 1.62. The number of amides is 1. The molecule has 3 aromatic rings. The molecule has 0 saturated carbocycles. The second kappa shape index (κ2) is 8.70. The first kappa shape index (κ1) is 21.9. The standard InChI is InChI=1S/C23H24N4O4S/c1-3-26(4-2)15-24-32(30,31)27-21(17-13-9-6-10-14-17)19-18(23(27)29)20(25-22(19)28)16-11-7-5-8-12-16/h5-14,24,29H,3-4,15H2,1-2H3. The van der Waals surface area contributed by atoms with Gasteiger partial charge in [0.25, 0.3) is 5.91 Å². The molecule has 0 saturated heterocycles. The van der Waals surface area contributed by atoms with Crippen molar-refractivity contribution in [2.24, 2.45) is 4.99 Å². The quantitative estimate of drug-likeness (QED) is 0.512. The Bertz CT molecular complexity index is 1280. The largest absolute Gasteiger partial charge is 0.493 e. The second-order valence-electron chi connectivity index (χ2n) is 7.29. The van der Waals surface area contributed by atoms with E-state index in [1.807, 2.05) is 24.8 Å². The monoisotopic (exact) mass is 452 g/mol. The number of nitrogens with one attached hydrogen (secondary N) is 1. The SMILES string of the molecule is CCN(CC)CNS(=O)(=O)n1c(O)c2c(c1-c1ccccc1)C(=O)N=C2c1ccccc1. The highest BCUT2D eigenvalue weighted by Crippen LogP contribution is 2.41. The van der Waals surface area contributed by atoms with Crippen molar-refractivity contribution in [2.45, 2.75) is 13.8 Å². The van der Waals surface area contributed by atoms with Crippen LogP contribution in [-0.4, -0.2) is 53.8 Å². The van der Waals surface area contributed by atoms with Crippen molar-refractivity contribution in [3.05, 3.63) is 77.4 Å². The van der Waals surface area contributed by atoms with E-state index in [0.717, 1.165) is 3.97 Å². The van der Waals surface area contributed by atoms with Crippen molar-refractivity contribution < 1.29 is 18.3 Å². The summed E-state index contributed by atoms with van der Waals surface area (Å²) >= 11 is 0. The molecule has 1 aromatic heterocycles. The van der Waals surface area contributed by atoms with E-state index in [-0.39, 0.29) is 29.2 Å². The van der Waals surface area contributed by atoms with Gasteiger partial charge in [0.15, 0.2) is 0 Å². The molecule has 4 rings (SSSR count). The third-order valence-corrected chi connectivity index (χ3v) is 6.80. The van der Waals surface area contributed by atoms with Crippen molar-refractivity contribution in [3.8, 4) is 17.1 Å². The molecule has 2 aromatic carbocycles. The summed E-state index contributed by atoms with van der Waals surface area (Å²) in [6.07, 6.45) is 0. The van der Waals surface area contributed by atoms with Gasteiger partial charge in [-0.1, -0.05) is 74.5 Å². The van der Waals surface area contributed by atoms with Gasteiger partial charge < -0.3 is 5.11 Å². The van der Waals surface area contributed by atoms with Gasteiger partial charge in [-0.25, -0.2) is 4.99 Å². The smallest absolute Gasteiger partial charge is 0.309 e. The molecule has 32 heavy (non-hydrogen) atoms. The van der Waals surface area contributed by atoms with Gasteiger partial charge in [-0.2, -0.15) is 17.1 Å². The summed E-state index contributed by atoms with van der Waals surface area (Å²) in [6, 6.07) is 17.6. The zero-order chi connectivity index (χ0) is 22.9. The Morgan fingerprint density at radius 2 is 1.50 bits per heavy atom. The highest BCUT2D eigenvalue weighted by molar-refractivity contribution is 7.88. The first-order valence-corrected chi connectivity index (χ1v) is 11.8. The third kappa shape index (κ3) is 3.75. The molecule has 166 valence electrons. The second-order valence-corrected chi connectivity index (χ2v) is 8.90. The molecule has 0 spiro atoms. The van der Waals surface area contributed by atoms with E-state index < -0.39 is 22.0 Å². The summed E-state index contributed by atoms with van der Waals surface area (Å²) in [7, 11) is -4.22. The Hall–Kier alpha value is -3.27. The van der Waals surface area contributed by atoms with E-state index >= 15 is 0 Å². The Morgan fingerprint density at radius 3 is 2.06 bits per heavy atom. The van der Waals surface area contributed by atoms with Crippen molar-refractivity contribution in [1.82, 2.24) is 13.6 Å². The predicted molar refractivity (Wildman–Crippen MR) is 123 cm³/mol. The van der Waals surface area contributed by atoms with Gasteiger partial charge in [-0.05, 0) is 13.1 Å². The molecule has 2 heterocycles. The number of hydrogen-bond acceptors (Lipinski definition) is 5. The minimum absolute atomic E-state index is 0.0689. The van der Waals surface area contributed by atoms with Crippen LogP contribution >= 0.6 is 0 Å². The van der Waals surface area contributed by atoms with Crippen LogP contribution in [0.4, 0.5) is 0 Å². The zero-order valence-electron chi connectivity index (χ0n) is 17.8. The Morgan fingerprint density at radius 1 is 0.938 bits per heavy atom.